The summed E-state index contributed by atoms with van der Waals surface area (Å²) in [6.45, 7) is 0. The van der Waals surface area contributed by atoms with Gasteiger partial charge in [0, 0.05) is 6.04 Å². The third-order valence-electron chi connectivity index (χ3n) is 3.80. The number of ether oxygens (including phenoxy) is 1. The molecule has 1 heterocycles. The largest absolute Gasteiger partial charge is 0.497 e. The Morgan fingerprint density at radius 3 is 2.90 bits per heavy atom. The van der Waals surface area contributed by atoms with Crippen molar-refractivity contribution in [3.05, 3.63) is 29.8 Å². The van der Waals surface area contributed by atoms with Crippen LogP contribution in [0.5, 0.6) is 5.75 Å². The molecule has 0 amide bonds. The Kier molecular flexibility index (Phi) is 5.01. The number of nitrogens with one attached hydrogen (secondary N) is 1. The molecule has 0 radical (unpaired) electrons. The van der Waals surface area contributed by atoms with Gasteiger partial charge in [-0.2, -0.15) is 0 Å². The molecule has 5 nitrogen and oxygen atoms in total. The van der Waals surface area contributed by atoms with Crippen LogP contribution in [0.15, 0.2) is 24.3 Å². The van der Waals surface area contributed by atoms with Gasteiger partial charge in [-0.15, -0.1) is 0 Å². The minimum atomic E-state index is -2.82. The zero-order valence-electron chi connectivity index (χ0n) is 11.7. The zero-order valence-corrected chi connectivity index (χ0v) is 12.5. The molecule has 6 heteroatoms. The first-order chi connectivity index (χ1) is 9.52. The highest BCUT2D eigenvalue weighted by Crippen LogP contribution is 2.24. The number of rotatable bonds is 6. The van der Waals surface area contributed by atoms with Crippen molar-refractivity contribution in [3.8, 4) is 5.75 Å². The van der Waals surface area contributed by atoms with E-state index in [1.807, 2.05) is 24.3 Å². The molecule has 1 aromatic carbocycles. The molecule has 0 bridgehead atoms. The minimum Gasteiger partial charge on any atom is -0.497 e. The van der Waals surface area contributed by atoms with Crippen molar-refractivity contribution in [1.29, 1.82) is 0 Å². The molecule has 0 saturated carbocycles. The van der Waals surface area contributed by atoms with Crippen LogP contribution in [0.3, 0.4) is 0 Å². The van der Waals surface area contributed by atoms with Crippen LogP contribution < -0.4 is 16.0 Å². The van der Waals surface area contributed by atoms with E-state index in [4.69, 9.17) is 10.6 Å². The predicted molar refractivity (Wildman–Crippen MR) is 79.2 cm³/mol. The summed E-state index contributed by atoms with van der Waals surface area (Å²) in [5.74, 6) is 7.25. The molecule has 2 atom stereocenters. The topological polar surface area (TPSA) is 81.4 Å². The van der Waals surface area contributed by atoms with Gasteiger partial charge in [-0.1, -0.05) is 12.1 Å². The van der Waals surface area contributed by atoms with E-state index in [-0.39, 0.29) is 12.0 Å². The SMILES string of the molecule is COc1cccc(CC(CC2CCS(=O)(=O)C2)NN)c1. The van der Waals surface area contributed by atoms with Crippen molar-refractivity contribution in [1.82, 2.24) is 5.43 Å². The summed E-state index contributed by atoms with van der Waals surface area (Å²) in [6, 6.07) is 7.94. The van der Waals surface area contributed by atoms with E-state index >= 15 is 0 Å². The first kappa shape index (κ1) is 15.3. The fourth-order valence-corrected chi connectivity index (χ4v) is 4.63. The fraction of sp³-hybridized carbons (Fsp3) is 0.571. The lowest BCUT2D eigenvalue weighted by Gasteiger charge is -2.19. The van der Waals surface area contributed by atoms with Crippen LogP contribution in [0.1, 0.15) is 18.4 Å². The number of hydrogen-bond donors (Lipinski definition) is 2. The van der Waals surface area contributed by atoms with Gasteiger partial charge in [0.05, 0.1) is 18.6 Å². The van der Waals surface area contributed by atoms with Gasteiger partial charge in [-0.3, -0.25) is 11.3 Å². The summed E-state index contributed by atoms with van der Waals surface area (Å²) in [4.78, 5) is 0. The average Bonchev–Trinajstić information content (AvgIpc) is 2.77. The van der Waals surface area contributed by atoms with E-state index in [0.717, 1.165) is 30.6 Å². The molecular weight excluding hydrogens is 276 g/mol. The van der Waals surface area contributed by atoms with Gasteiger partial charge < -0.3 is 4.74 Å². The van der Waals surface area contributed by atoms with E-state index in [2.05, 4.69) is 5.43 Å². The molecule has 20 heavy (non-hydrogen) atoms. The van der Waals surface area contributed by atoms with Gasteiger partial charge in [-0.25, -0.2) is 8.42 Å². The van der Waals surface area contributed by atoms with Crippen molar-refractivity contribution in [2.45, 2.75) is 25.3 Å². The van der Waals surface area contributed by atoms with Crippen molar-refractivity contribution in [2.24, 2.45) is 11.8 Å². The Balaban J connectivity index is 1.95. The van der Waals surface area contributed by atoms with Crippen LogP contribution in [-0.2, 0) is 16.3 Å². The Morgan fingerprint density at radius 1 is 1.50 bits per heavy atom. The highest BCUT2D eigenvalue weighted by Gasteiger charge is 2.29. The number of sulfone groups is 1. The molecule has 3 N–H and O–H groups in total. The average molecular weight is 298 g/mol. The number of hydrogen-bond acceptors (Lipinski definition) is 5. The molecule has 0 spiro atoms. The van der Waals surface area contributed by atoms with Gasteiger partial charge in [0.1, 0.15) is 5.75 Å². The summed E-state index contributed by atoms with van der Waals surface area (Å²) in [6.07, 6.45) is 2.30. The molecule has 1 aromatic rings. The standard InChI is InChI=1S/C14H22N2O3S/c1-19-14-4-2-3-11(9-14)7-13(16-15)8-12-5-6-20(17,18)10-12/h2-4,9,12-13,16H,5-8,10,15H2,1H3. The highest BCUT2D eigenvalue weighted by atomic mass is 32.2. The summed E-state index contributed by atoms with van der Waals surface area (Å²) in [5.41, 5.74) is 3.94. The highest BCUT2D eigenvalue weighted by molar-refractivity contribution is 7.91. The zero-order chi connectivity index (χ0) is 14.6. The molecule has 1 aliphatic heterocycles. The molecule has 0 aliphatic carbocycles. The Bertz CT molecular complexity index is 545. The van der Waals surface area contributed by atoms with Crippen LogP contribution in [-0.4, -0.2) is 33.1 Å². The van der Waals surface area contributed by atoms with E-state index in [1.165, 1.54) is 0 Å². The number of benzene rings is 1. The summed E-state index contributed by atoms with van der Waals surface area (Å²) >= 11 is 0. The second kappa shape index (κ2) is 6.56. The second-order valence-corrected chi connectivity index (χ2v) is 7.65. The van der Waals surface area contributed by atoms with Gasteiger partial charge >= 0.3 is 0 Å². The van der Waals surface area contributed by atoms with E-state index in [1.54, 1.807) is 7.11 Å². The maximum Gasteiger partial charge on any atom is 0.150 e. The lowest BCUT2D eigenvalue weighted by atomic mass is 9.95. The molecule has 1 saturated heterocycles. The molecule has 0 aromatic heterocycles. The normalized spacial score (nSPS) is 22.6. The molecule has 2 rings (SSSR count). The number of nitrogens with two attached hydrogens (primary N) is 1. The maximum absolute atomic E-state index is 11.5. The lowest BCUT2D eigenvalue weighted by molar-refractivity contribution is 0.403. The van der Waals surface area contributed by atoms with E-state index in [0.29, 0.717) is 11.5 Å². The van der Waals surface area contributed by atoms with Gasteiger partial charge in [-0.05, 0) is 42.9 Å². The van der Waals surface area contributed by atoms with Crippen LogP contribution >= 0.6 is 0 Å². The Morgan fingerprint density at radius 2 is 2.30 bits per heavy atom. The first-order valence-electron chi connectivity index (χ1n) is 6.82. The van der Waals surface area contributed by atoms with Crippen molar-refractivity contribution in [2.75, 3.05) is 18.6 Å². The molecule has 2 unspecified atom stereocenters. The smallest absolute Gasteiger partial charge is 0.150 e. The van der Waals surface area contributed by atoms with Crippen LogP contribution in [0.25, 0.3) is 0 Å². The summed E-state index contributed by atoms with van der Waals surface area (Å²) < 4.78 is 28.2. The first-order valence-corrected chi connectivity index (χ1v) is 8.64. The van der Waals surface area contributed by atoms with Gasteiger partial charge in [0.25, 0.3) is 0 Å². The summed E-state index contributed by atoms with van der Waals surface area (Å²) in [7, 11) is -1.18. The van der Waals surface area contributed by atoms with Crippen LogP contribution in [0.4, 0.5) is 0 Å². The monoisotopic (exact) mass is 298 g/mol. The van der Waals surface area contributed by atoms with Crippen molar-refractivity contribution < 1.29 is 13.2 Å². The molecule has 1 aliphatic rings. The molecular formula is C14H22N2O3S. The van der Waals surface area contributed by atoms with Gasteiger partial charge in [0.2, 0.25) is 0 Å². The van der Waals surface area contributed by atoms with E-state index < -0.39 is 9.84 Å². The second-order valence-electron chi connectivity index (χ2n) is 5.42. The Hall–Kier alpha value is -1.11. The molecule has 1 fully saturated rings. The quantitative estimate of drug-likeness (QED) is 0.602. The third-order valence-corrected chi connectivity index (χ3v) is 5.63. The summed E-state index contributed by atoms with van der Waals surface area (Å²) in [5, 5.41) is 0. The number of hydrazine groups is 1. The fourth-order valence-electron chi connectivity index (χ4n) is 2.75. The van der Waals surface area contributed by atoms with Crippen LogP contribution in [0, 0.1) is 5.92 Å². The van der Waals surface area contributed by atoms with Crippen molar-refractivity contribution in [3.63, 3.8) is 0 Å². The maximum atomic E-state index is 11.5. The third kappa shape index (κ3) is 4.19. The Labute approximate surface area is 120 Å². The van der Waals surface area contributed by atoms with E-state index in [9.17, 15) is 8.42 Å². The number of methoxy groups -OCH3 is 1. The molecule has 112 valence electrons. The van der Waals surface area contributed by atoms with Crippen molar-refractivity contribution >= 4 is 9.84 Å². The minimum absolute atomic E-state index is 0.0837. The van der Waals surface area contributed by atoms with Crippen LogP contribution in [0.2, 0.25) is 0 Å². The van der Waals surface area contributed by atoms with Gasteiger partial charge in [0.15, 0.2) is 9.84 Å². The predicted octanol–water partition coefficient (Wildman–Crippen LogP) is 0.894. The lowest BCUT2D eigenvalue weighted by Crippen LogP contribution is -2.38.